The maximum Gasteiger partial charge on any atom is 0.142 e. The summed E-state index contributed by atoms with van der Waals surface area (Å²) in [6.07, 6.45) is 5.46. The third-order valence-corrected chi connectivity index (χ3v) is 5.01. The molecule has 0 radical (unpaired) electrons. The quantitative estimate of drug-likeness (QED) is 0.837. The van der Waals surface area contributed by atoms with E-state index in [9.17, 15) is 0 Å². The Labute approximate surface area is 151 Å². The van der Waals surface area contributed by atoms with Gasteiger partial charge < -0.3 is 14.6 Å². The topological polar surface area (TPSA) is 44.4 Å². The number of aryl methyl sites for hydroxylation is 1. The highest BCUT2D eigenvalue weighted by atomic mass is 16.5. The first-order chi connectivity index (χ1) is 12.2. The molecule has 1 N–H and O–H groups in total. The van der Waals surface area contributed by atoms with E-state index >= 15 is 0 Å². The fourth-order valence-corrected chi connectivity index (χ4v) is 3.52. The number of para-hydroxylation sites is 2. The molecule has 0 bridgehead atoms. The predicted molar refractivity (Wildman–Crippen MR) is 102 cm³/mol. The minimum absolute atomic E-state index is 0.487. The molecule has 1 saturated heterocycles. The minimum atomic E-state index is 0.487. The second-order valence-corrected chi connectivity index (χ2v) is 6.90. The van der Waals surface area contributed by atoms with Gasteiger partial charge in [-0.1, -0.05) is 25.5 Å². The highest BCUT2D eigenvalue weighted by Gasteiger charge is 2.25. The van der Waals surface area contributed by atoms with Gasteiger partial charge in [0, 0.05) is 50.5 Å². The van der Waals surface area contributed by atoms with Gasteiger partial charge in [-0.05, 0) is 25.5 Å². The molecule has 0 aliphatic carbocycles. The first-order valence-electron chi connectivity index (χ1n) is 9.36. The Morgan fingerprint density at radius 3 is 2.88 bits per heavy atom. The van der Waals surface area contributed by atoms with Gasteiger partial charge in [-0.3, -0.25) is 4.90 Å². The third kappa shape index (κ3) is 4.34. The number of imidazole rings is 1. The molecule has 5 nitrogen and oxygen atoms in total. The van der Waals surface area contributed by atoms with Crippen molar-refractivity contribution in [2.45, 2.75) is 45.7 Å². The molecule has 1 atom stereocenters. The smallest absolute Gasteiger partial charge is 0.142 e. The molecule has 0 saturated carbocycles. The van der Waals surface area contributed by atoms with Crippen molar-refractivity contribution in [3.8, 4) is 5.75 Å². The third-order valence-electron chi connectivity index (χ3n) is 5.01. The van der Waals surface area contributed by atoms with E-state index in [1.54, 1.807) is 7.11 Å². The van der Waals surface area contributed by atoms with Gasteiger partial charge in [-0.2, -0.15) is 0 Å². The summed E-state index contributed by atoms with van der Waals surface area (Å²) < 4.78 is 5.52. The molecule has 1 aliphatic rings. The summed E-state index contributed by atoms with van der Waals surface area (Å²) in [5.74, 6) is 2.08. The number of H-pyrrole nitrogens is 1. The summed E-state index contributed by atoms with van der Waals surface area (Å²) in [5.41, 5.74) is 2.42. The number of methoxy groups -OCH3 is 1. The zero-order valence-electron chi connectivity index (χ0n) is 15.7. The molecule has 0 unspecified atom stereocenters. The molecular weight excluding hydrogens is 312 g/mol. The van der Waals surface area contributed by atoms with Crippen molar-refractivity contribution in [3.63, 3.8) is 0 Å². The van der Waals surface area contributed by atoms with Crippen LogP contribution < -0.4 is 9.64 Å². The number of rotatable bonds is 7. The van der Waals surface area contributed by atoms with E-state index in [0.29, 0.717) is 6.04 Å². The van der Waals surface area contributed by atoms with E-state index in [-0.39, 0.29) is 0 Å². The summed E-state index contributed by atoms with van der Waals surface area (Å²) in [4.78, 5) is 13.0. The van der Waals surface area contributed by atoms with Crippen LogP contribution in [-0.4, -0.2) is 47.7 Å². The van der Waals surface area contributed by atoms with E-state index in [2.05, 4.69) is 45.7 Å². The lowest BCUT2D eigenvalue weighted by Crippen LogP contribution is -2.51. The molecule has 5 heteroatoms. The van der Waals surface area contributed by atoms with Gasteiger partial charge in [0.05, 0.1) is 12.8 Å². The Kier molecular flexibility index (Phi) is 5.97. The maximum absolute atomic E-state index is 5.52. The van der Waals surface area contributed by atoms with Gasteiger partial charge in [0.1, 0.15) is 11.6 Å². The van der Waals surface area contributed by atoms with Crippen LogP contribution in [0.25, 0.3) is 0 Å². The molecule has 1 aromatic heterocycles. The van der Waals surface area contributed by atoms with Gasteiger partial charge in [0.25, 0.3) is 0 Å². The van der Waals surface area contributed by atoms with Crippen LogP contribution in [0.3, 0.4) is 0 Å². The first-order valence-corrected chi connectivity index (χ1v) is 9.36. The van der Waals surface area contributed by atoms with E-state index in [0.717, 1.165) is 44.2 Å². The maximum atomic E-state index is 5.52. The summed E-state index contributed by atoms with van der Waals surface area (Å²) in [6.45, 7) is 8.53. The molecule has 136 valence electrons. The van der Waals surface area contributed by atoms with E-state index in [1.165, 1.54) is 24.2 Å². The average molecular weight is 342 g/mol. The number of benzene rings is 1. The number of nitrogens with zero attached hydrogens (tertiary/aromatic N) is 3. The van der Waals surface area contributed by atoms with Crippen molar-refractivity contribution in [2.24, 2.45) is 0 Å². The Balaban J connectivity index is 1.59. The van der Waals surface area contributed by atoms with Gasteiger partial charge in [-0.25, -0.2) is 4.98 Å². The van der Waals surface area contributed by atoms with Crippen molar-refractivity contribution in [3.05, 3.63) is 42.0 Å². The largest absolute Gasteiger partial charge is 0.495 e. The van der Waals surface area contributed by atoms with E-state index in [1.807, 2.05) is 18.3 Å². The van der Waals surface area contributed by atoms with Crippen molar-refractivity contribution >= 4 is 5.69 Å². The summed E-state index contributed by atoms with van der Waals surface area (Å²) in [5, 5.41) is 0. The normalized spacial score (nSPS) is 18.5. The lowest BCUT2D eigenvalue weighted by molar-refractivity contribution is 0.178. The highest BCUT2D eigenvalue weighted by molar-refractivity contribution is 5.58. The summed E-state index contributed by atoms with van der Waals surface area (Å²) in [7, 11) is 1.74. The molecule has 2 heterocycles. The Bertz CT molecular complexity index is 669. The minimum Gasteiger partial charge on any atom is -0.495 e. The van der Waals surface area contributed by atoms with Gasteiger partial charge in [0.15, 0.2) is 0 Å². The Morgan fingerprint density at radius 1 is 1.28 bits per heavy atom. The van der Waals surface area contributed by atoms with Crippen molar-refractivity contribution in [1.29, 1.82) is 0 Å². The van der Waals surface area contributed by atoms with Crippen LogP contribution >= 0.6 is 0 Å². The van der Waals surface area contributed by atoms with Crippen molar-refractivity contribution in [2.75, 3.05) is 31.6 Å². The number of anilines is 1. The zero-order chi connectivity index (χ0) is 17.6. The number of piperazine rings is 1. The zero-order valence-corrected chi connectivity index (χ0v) is 15.7. The molecule has 3 rings (SSSR count). The van der Waals surface area contributed by atoms with Crippen LogP contribution in [0.2, 0.25) is 0 Å². The highest BCUT2D eigenvalue weighted by Crippen LogP contribution is 2.29. The Morgan fingerprint density at radius 2 is 2.12 bits per heavy atom. The molecule has 1 aromatic carbocycles. The van der Waals surface area contributed by atoms with E-state index < -0.39 is 0 Å². The monoisotopic (exact) mass is 342 g/mol. The standard InChI is InChI=1S/C20H30N4O/c1-4-5-10-20-21-13-17(22-20)15-23-11-12-24(14-16(23)2)18-8-6-7-9-19(18)25-3/h6-9,13,16H,4-5,10-12,14-15H2,1-3H3,(H,21,22)/t16-/m1/s1. The number of ether oxygens (including phenoxy) is 1. The van der Waals surface area contributed by atoms with Crippen LogP contribution in [0.15, 0.2) is 30.5 Å². The molecule has 25 heavy (non-hydrogen) atoms. The number of hydrogen-bond donors (Lipinski definition) is 1. The van der Waals surface area contributed by atoms with Crippen molar-refractivity contribution < 1.29 is 4.74 Å². The fraction of sp³-hybridized carbons (Fsp3) is 0.550. The molecule has 0 amide bonds. The number of hydrogen-bond acceptors (Lipinski definition) is 4. The van der Waals surface area contributed by atoms with Crippen LogP contribution in [0.4, 0.5) is 5.69 Å². The Hall–Kier alpha value is -2.01. The molecular formula is C20H30N4O. The molecule has 1 aliphatic heterocycles. The number of nitrogens with one attached hydrogen (secondary N) is 1. The van der Waals surface area contributed by atoms with Crippen LogP contribution in [0.5, 0.6) is 5.75 Å². The lowest BCUT2D eigenvalue weighted by Gasteiger charge is -2.41. The lowest BCUT2D eigenvalue weighted by atomic mass is 10.1. The summed E-state index contributed by atoms with van der Waals surface area (Å²) >= 11 is 0. The number of unbranched alkanes of at least 4 members (excludes halogenated alkanes) is 1. The van der Waals surface area contributed by atoms with Gasteiger partial charge in [0.2, 0.25) is 0 Å². The van der Waals surface area contributed by atoms with Gasteiger partial charge in [-0.15, -0.1) is 0 Å². The first kappa shape index (κ1) is 17.8. The second kappa shape index (κ2) is 8.39. The number of aromatic nitrogens is 2. The molecule has 1 fully saturated rings. The fourth-order valence-electron chi connectivity index (χ4n) is 3.52. The van der Waals surface area contributed by atoms with Crippen LogP contribution in [-0.2, 0) is 13.0 Å². The van der Waals surface area contributed by atoms with Crippen LogP contribution in [0.1, 0.15) is 38.2 Å². The summed E-state index contributed by atoms with van der Waals surface area (Å²) in [6, 6.07) is 8.78. The SMILES string of the molecule is CCCCc1ncc(CN2CCN(c3ccccc3OC)C[C@H]2C)[nH]1. The van der Waals surface area contributed by atoms with Crippen molar-refractivity contribution in [1.82, 2.24) is 14.9 Å². The number of aromatic amines is 1. The molecule has 0 spiro atoms. The average Bonchev–Trinajstić information content (AvgIpc) is 3.09. The van der Waals surface area contributed by atoms with Gasteiger partial charge >= 0.3 is 0 Å². The van der Waals surface area contributed by atoms with Crippen LogP contribution in [0, 0.1) is 0 Å². The predicted octanol–water partition coefficient (Wildman–Crippen LogP) is 3.47. The molecule has 2 aromatic rings. The second-order valence-electron chi connectivity index (χ2n) is 6.90. The van der Waals surface area contributed by atoms with E-state index in [4.69, 9.17) is 4.74 Å².